The minimum atomic E-state index is -0.471. The van der Waals surface area contributed by atoms with Crippen molar-refractivity contribution in [2.45, 2.75) is 13.1 Å². The molecule has 0 aliphatic carbocycles. The first-order valence-electron chi connectivity index (χ1n) is 7.87. The normalized spacial score (nSPS) is 11.8. The number of halogens is 2. The molecule has 1 heterocycles. The van der Waals surface area contributed by atoms with Gasteiger partial charge in [-0.3, -0.25) is 4.99 Å². The Balaban J connectivity index is 1.64. The molecule has 0 saturated carbocycles. The molecule has 3 rings (SSSR count). The smallest absolute Gasteiger partial charge is 0.191 e. The number of rotatable bonds is 4. The number of aryl methyl sites for hydroxylation is 1. The number of aromatic nitrogens is 2. The van der Waals surface area contributed by atoms with Crippen molar-refractivity contribution in [3.8, 4) is 0 Å². The fourth-order valence-electron chi connectivity index (χ4n) is 2.59. The molecule has 5 nitrogen and oxygen atoms in total. The van der Waals surface area contributed by atoms with E-state index in [1.165, 1.54) is 6.07 Å². The fourth-order valence-corrected chi connectivity index (χ4v) is 2.59. The monoisotopic (exact) mass is 343 g/mol. The Morgan fingerprint density at radius 3 is 2.64 bits per heavy atom. The van der Waals surface area contributed by atoms with Crippen molar-refractivity contribution in [3.05, 3.63) is 65.5 Å². The van der Waals surface area contributed by atoms with Crippen LogP contribution in [0.25, 0.3) is 11.0 Å². The van der Waals surface area contributed by atoms with Crippen molar-refractivity contribution in [2.75, 3.05) is 7.05 Å². The Morgan fingerprint density at radius 1 is 1.12 bits per heavy atom. The first kappa shape index (κ1) is 16.9. The first-order chi connectivity index (χ1) is 12.1. The SMILES string of the molecule is CN=C(NCc1cc(F)ccc1F)NCc1nc2ccccc2n1C. The quantitative estimate of drug-likeness (QED) is 0.566. The van der Waals surface area contributed by atoms with E-state index < -0.39 is 11.6 Å². The lowest BCUT2D eigenvalue weighted by Gasteiger charge is -2.12. The Hall–Kier alpha value is -2.96. The third-order valence-electron chi connectivity index (χ3n) is 3.97. The highest BCUT2D eigenvalue weighted by molar-refractivity contribution is 5.80. The average molecular weight is 343 g/mol. The molecule has 0 saturated heterocycles. The van der Waals surface area contributed by atoms with Crippen LogP contribution in [0.15, 0.2) is 47.5 Å². The second kappa shape index (κ2) is 7.29. The number of nitrogens with zero attached hydrogens (tertiary/aromatic N) is 3. The van der Waals surface area contributed by atoms with Gasteiger partial charge in [0.25, 0.3) is 0 Å². The molecule has 0 fully saturated rings. The molecule has 0 amide bonds. The van der Waals surface area contributed by atoms with Gasteiger partial charge in [-0.15, -0.1) is 0 Å². The summed E-state index contributed by atoms with van der Waals surface area (Å²) in [5.41, 5.74) is 2.21. The summed E-state index contributed by atoms with van der Waals surface area (Å²) in [5, 5.41) is 6.10. The molecule has 7 heteroatoms. The van der Waals surface area contributed by atoms with E-state index in [2.05, 4.69) is 20.6 Å². The molecule has 2 aromatic carbocycles. The number of benzene rings is 2. The number of guanidine groups is 1. The van der Waals surface area contributed by atoms with Gasteiger partial charge in [-0.1, -0.05) is 12.1 Å². The Morgan fingerprint density at radius 2 is 1.88 bits per heavy atom. The second-order valence-corrected chi connectivity index (χ2v) is 5.59. The number of fused-ring (bicyclic) bond motifs is 1. The van der Waals surface area contributed by atoms with Crippen LogP contribution < -0.4 is 10.6 Å². The maximum atomic E-state index is 13.7. The van der Waals surface area contributed by atoms with E-state index in [1.54, 1.807) is 7.05 Å². The van der Waals surface area contributed by atoms with Crippen LogP contribution in [-0.2, 0) is 20.1 Å². The van der Waals surface area contributed by atoms with Gasteiger partial charge in [-0.05, 0) is 30.3 Å². The second-order valence-electron chi connectivity index (χ2n) is 5.59. The first-order valence-corrected chi connectivity index (χ1v) is 7.87. The van der Waals surface area contributed by atoms with E-state index in [0.29, 0.717) is 12.5 Å². The highest BCUT2D eigenvalue weighted by atomic mass is 19.1. The molecule has 0 aliphatic heterocycles. The van der Waals surface area contributed by atoms with E-state index in [0.717, 1.165) is 29.0 Å². The van der Waals surface area contributed by atoms with Gasteiger partial charge in [0.15, 0.2) is 5.96 Å². The molecule has 1 aromatic heterocycles. The maximum absolute atomic E-state index is 13.7. The molecule has 130 valence electrons. The van der Waals surface area contributed by atoms with Crippen molar-refractivity contribution in [3.63, 3.8) is 0 Å². The number of hydrogen-bond acceptors (Lipinski definition) is 2. The number of para-hydroxylation sites is 2. The topological polar surface area (TPSA) is 54.2 Å². The van der Waals surface area contributed by atoms with Gasteiger partial charge in [-0.25, -0.2) is 13.8 Å². The largest absolute Gasteiger partial charge is 0.352 e. The van der Waals surface area contributed by atoms with Crippen LogP contribution in [0.2, 0.25) is 0 Å². The van der Waals surface area contributed by atoms with Crippen molar-refractivity contribution in [2.24, 2.45) is 12.0 Å². The molecule has 0 bridgehead atoms. The summed E-state index contributed by atoms with van der Waals surface area (Å²) in [7, 11) is 3.57. The van der Waals surface area contributed by atoms with E-state index in [1.807, 2.05) is 35.9 Å². The minimum Gasteiger partial charge on any atom is -0.352 e. The van der Waals surface area contributed by atoms with Crippen LogP contribution in [0.5, 0.6) is 0 Å². The average Bonchev–Trinajstić information content (AvgIpc) is 2.94. The van der Waals surface area contributed by atoms with Crippen LogP contribution in [-0.4, -0.2) is 22.6 Å². The van der Waals surface area contributed by atoms with E-state index in [4.69, 9.17) is 0 Å². The van der Waals surface area contributed by atoms with Crippen molar-refractivity contribution < 1.29 is 8.78 Å². The van der Waals surface area contributed by atoms with E-state index >= 15 is 0 Å². The van der Waals surface area contributed by atoms with E-state index in [9.17, 15) is 8.78 Å². The number of imidazole rings is 1. The van der Waals surface area contributed by atoms with Gasteiger partial charge in [0.1, 0.15) is 17.5 Å². The standard InChI is InChI=1S/C18H19F2N5/c1-21-18(22-10-12-9-13(19)7-8-14(12)20)23-11-17-24-15-5-3-4-6-16(15)25(17)2/h3-9H,10-11H2,1-2H3,(H2,21,22,23). The lowest BCUT2D eigenvalue weighted by molar-refractivity contribution is 0.581. The molecule has 0 spiro atoms. The molecule has 0 unspecified atom stereocenters. The lowest BCUT2D eigenvalue weighted by atomic mass is 10.2. The van der Waals surface area contributed by atoms with Crippen molar-refractivity contribution in [1.82, 2.24) is 20.2 Å². The highest BCUT2D eigenvalue weighted by Crippen LogP contribution is 2.14. The summed E-state index contributed by atoms with van der Waals surface area (Å²) < 4.78 is 28.9. The van der Waals surface area contributed by atoms with Gasteiger partial charge >= 0.3 is 0 Å². The van der Waals surface area contributed by atoms with Crippen LogP contribution in [0.4, 0.5) is 8.78 Å². The van der Waals surface area contributed by atoms with Gasteiger partial charge in [0.2, 0.25) is 0 Å². The fraction of sp³-hybridized carbons (Fsp3) is 0.222. The summed E-state index contributed by atoms with van der Waals surface area (Å²) in [6.45, 7) is 0.586. The number of aliphatic imine (C=N–C) groups is 1. The Bertz CT molecular complexity index is 917. The third-order valence-corrected chi connectivity index (χ3v) is 3.97. The van der Waals surface area contributed by atoms with Gasteiger partial charge < -0.3 is 15.2 Å². The Labute approximate surface area is 144 Å². The molecule has 25 heavy (non-hydrogen) atoms. The molecule has 2 N–H and O–H groups in total. The summed E-state index contributed by atoms with van der Waals surface area (Å²) in [5.74, 6) is 0.400. The summed E-state index contributed by atoms with van der Waals surface area (Å²) in [6.07, 6.45) is 0. The van der Waals surface area contributed by atoms with E-state index in [-0.39, 0.29) is 12.1 Å². The minimum absolute atomic E-state index is 0.131. The third kappa shape index (κ3) is 3.76. The van der Waals surface area contributed by atoms with Crippen molar-refractivity contribution in [1.29, 1.82) is 0 Å². The van der Waals surface area contributed by atoms with Crippen LogP contribution in [0, 0.1) is 11.6 Å². The molecule has 0 atom stereocenters. The summed E-state index contributed by atoms with van der Waals surface area (Å²) in [6, 6.07) is 11.3. The number of hydrogen-bond donors (Lipinski definition) is 2. The van der Waals surface area contributed by atoms with Crippen molar-refractivity contribution >= 4 is 17.0 Å². The molecule has 0 radical (unpaired) electrons. The van der Waals surface area contributed by atoms with Crippen LogP contribution >= 0.6 is 0 Å². The summed E-state index contributed by atoms with van der Waals surface area (Å²) in [4.78, 5) is 8.67. The molecule has 3 aromatic rings. The molecular weight excluding hydrogens is 324 g/mol. The molecule has 0 aliphatic rings. The Kier molecular flexibility index (Phi) is 4.92. The van der Waals surface area contributed by atoms with Crippen LogP contribution in [0.3, 0.4) is 0 Å². The van der Waals surface area contributed by atoms with Gasteiger partial charge in [-0.2, -0.15) is 0 Å². The summed E-state index contributed by atoms with van der Waals surface area (Å²) >= 11 is 0. The van der Waals surface area contributed by atoms with Gasteiger partial charge in [0, 0.05) is 26.2 Å². The predicted octanol–water partition coefficient (Wildman–Crippen LogP) is 2.72. The lowest BCUT2D eigenvalue weighted by Crippen LogP contribution is -2.37. The highest BCUT2D eigenvalue weighted by Gasteiger charge is 2.09. The van der Waals surface area contributed by atoms with Gasteiger partial charge in [0.05, 0.1) is 17.6 Å². The molecular formula is C18H19F2N5. The zero-order valence-corrected chi connectivity index (χ0v) is 14.1. The zero-order valence-electron chi connectivity index (χ0n) is 14.1. The maximum Gasteiger partial charge on any atom is 0.191 e. The van der Waals surface area contributed by atoms with Crippen LogP contribution in [0.1, 0.15) is 11.4 Å². The predicted molar refractivity (Wildman–Crippen MR) is 94.1 cm³/mol. The zero-order chi connectivity index (χ0) is 17.8. The number of nitrogens with one attached hydrogen (secondary N) is 2.